The molecule has 1 aliphatic rings. The van der Waals surface area contributed by atoms with Crippen molar-refractivity contribution in [2.45, 2.75) is 37.8 Å². The standard InChI is InChI=1S/C11H16N2O4/c1-16-11(15)8(4-2-6-12)13-10(14)9-5-3-7-17-9/h8-9H,2-5,7H2,1H3,(H,13,14)/t8-,9-/m0/s1. The summed E-state index contributed by atoms with van der Waals surface area (Å²) in [7, 11) is 1.25. The van der Waals surface area contributed by atoms with Crippen LogP contribution >= 0.6 is 0 Å². The highest BCUT2D eigenvalue weighted by atomic mass is 16.5. The summed E-state index contributed by atoms with van der Waals surface area (Å²) in [6.45, 7) is 0.569. The first kappa shape index (κ1) is 13.5. The molecule has 0 aromatic heterocycles. The van der Waals surface area contributed by atoms with Crippen molar-refractivity contribution in [3.05, 3.63) is 0 Å². The lowest BCUT2D eigenvalue weighted by atomic mass is 10.1. The van der Waals surface area contributed by atoms with Gasteiger partial charge in [-0.2, -0.15) is 5.26 Å². The van der Waals surface area contributed by atoms with Crippen LogP contribution in [-0.2, 0) is 19.1 Å². The summed E-state index contributed by atoms with van der Waals surface area (Å²) in [6.07, 6.45) is 1.47. The Bertz CT molecular complexity index is 318. The van der Waals surface area contributed by atoms with Gasteiger partial charge in [0.15, 0.2) is 0 Å². The third kappa shape index (κ3) is 4.04. The number of nitrogens with zero attached hydrogens (tertiary/aromatic N) is 1. The zero-order chi connectivity index (χ0) is 12.7. The number of nitriles is 1. The maximum absolute atomic E-state index is 11.7. The first-order chi connectivity index (χ1) is 8.19. The minimum atomic E-state index is -0.767. The number of hydrogen-bond acceptors (Lipinski definition) is 5. The van der Waals surface area contributed by atoms with Crippen LogP contribution in [0.5, 0.6) is 0 Å². The van der Waals surface area contributed by atoms with E-state index in [9.17, 15) is 9.59 Å². The van der Waals surface area contributed by atoms with Crippen molar-refractivity contribution >= 4 is 11.9 Å². The van der Waals surface area contributed by atoms with Crippen molar-refractivity contribution in [3.8, 4) is 6.07 Å². The fourth-order valence-corrected chi connectivity index (χ4v) is 1.65. The van der Waals surface area contributed by atoms with E-state index in [1.54, 1.807) is 0 Å². The Labute approximate surface area is 99.9 Å². The van der Waals surface area contributed by atoms with Crippen molar-refractivity contribution in [2.24, 2.45) is 0 Å². The predicted octanol–water partition coefficient (Wildman–Crippen LogP) is 0.127. The van der Waals surface area contributed by atoms with Gasteiger partial charge in [-0.1, -0.05) is 0 Å². The summed E-state index contributed by atoms with van der Waals surface area (Å²) in [5.74, 6) is -0.845. The molecule has 0 saturated carbocycles. The summed E-state index contributed by atoms with van der Waals surface area (Å²) >= 11 is 0. The monoisotopic (exact) mass is 240 g/mol. The molecule has 0 unspecified atom stereocenters. The summed E-state index contributed by atoms with van der Waals surface area (Å²) in [5, 5.41) is 11.0. The van der Waals surface area contributed by atoms with Crippen LogP contribution in [0.1, 0.15) is 25.7 Å². The first-order valence-corrected chi connectivity index (χ1v) is 5.55. The van der Waals surface area contributed by atoms with Gasteiger partial charge in [-0.15, -0.1) is 0 Å². The maximum atomic E-state index is 11.7. The SMILES string of the molecule is COC(=O)[C@H](CCC#N)NC(=O)[C@@H]1CCCO1. The van der Waals surface area contributed by atoms with Gasteiger partial charge in [0.1, 0.15) is 12.1 Å². The van der Waals surface area contributed by atoms with Crippen LogP contribution in [0.4, 0.5) is 0 Å². The average molecular weight is 240 g/mol. The van der Waals surface area contributed by atoms with Gasteiger partial charge in [0.25, 0.3) is 0 Å². The molecule has 0 bridgehead atoms. The molecule has 1 saturated heterocycles. The number of amides is 1. The summed E-state index contributed by atoms with van der Waals surface area (Å²) in [5.41, 5.74) is 0. The van der Waals surface area contributed by atoms with E-state index < -0.39 is 18.1 Å². The smallest absolute Gasteiger partial charge is 0.328 e. The van der Waals surface area contributed by atoms with E-state index in [2.05, 4.69) is 10.1 Å². The van der Waals surface area contributed by atoms with Gasteiger partial charge in [-0.05, 0) is 19.3 Å². The molecule has 1 aliphatic heterocycles. The zero-order valence-electron chi connectivity index (χ0n) is 9.77. The lowest BCUT2D eigenvalue weighted by molar-refractivity contribution is -0.146. The number of esters is 1. The molecule has 0 aromatic carbocycles. The largest absolute Gasteiger partial charge is 0.467 e. The van der Waals surface area contributed by atoms with E-state index >= 15 is 0 Å². The molecule has 1 amide bonds. The van der Waals surface area contributed by atoms with Crippen LogP contribution in [0.3, 0.4) is 0 Å². The Morgan fingerprint density at radius 3 is 2.94 bits per heavy atom. The van der Waals surface area contributed by atoms with Crippen molar-refractivity contribution in [2.75, 3.05) is 13.7 Å². The minimum absolute atomic E-state index is 0.186. The van der Waals surface area contributed by atoms with E-state index in [4.69, 9.17) is 10.00 Å². The third-order valence-corrected chi connectivity index (χ3v) is 2.57. The third-order valence-electron chi connectivity index (χ3n) is 2.57. The molecule has 2 atom stereocenters. The minimum Gasteiger partial charge on any atom is -0.467 e. The molecular weight excluding hydrogens is 224 g/mol. The Hall–Kier alpha value is -1.61. The highest BCUT2D eigenvalue weighted by Gasteiger charge is 2.28. The van der Waals surface area contributed by atoms with E-state index in [-0.39, 0.29) is 18.7 Å². The van der Waals surface area contributed by atoms with Crippen LogP contribution in [-0.4, -0.2) is 37.7 Å². The molecule has 6 nitrogen and oxygen atoms in total. The molecule has 17 heavy (non-hydrogen) atoms. The molecule has 0 aliphatic carbocycles. The highest BCUT2D eigenvalue weighted by Crippen LogP contribution is 2.12. The highest BCUT2D eigenvalue weighted by molar-refractivity contribution is 5.87. The van der Waals surface area contributed by atoms with Crippen LogP contribution in [0.15, 0.2) is 0 Å². The van der Waals surface area contributed by atoms with E-state index in [0.717, 1.165) is 6.42 Å². The summed E-state index contributed by atoms with van der Waals surface area (Å²) in [4.78, 5) is 23.1. The molecule has 1 rings (SSSR count). The van der Waals surface area contributed by atoms with Crippen molar-refractivity contribution < 1.29 is 19.1 Å². The van der Waals surface area contributed by atoms with Crippen LogP contribution in [0.2, 0.25) is 0 Å². The lowest BCUT2D eigenvalue weighted by Crippen LogP contribution is -2.45. The second-order valence-corrected chi connectivity index (χ2v) is 3.78. The van der Waals surface area contributed by atoms with E-state index in [1.807, 2.05) is 6.07 Å². The van der Waals surface area contributed by atoms with Gasteiger partial charge in [0, 0.05) is 13.0 Å². The maximum Gasteiger partial charge on any atom is 0.328 e. The molecular formula is C11H16N2O4. The van der Waals surface area contributed by atoms with Crippen molar-refractivity contribution in [1.82, 2.24) is 5.32 Å². The molecule has 6 heteroatoms. The summed E-state index contributed by atoms with van der Waals surface area (Å²) < 4.78 is 9.77. The fourth-order valence-electron chi connectivity index (χ4n) is 1.65. The molecule has 0 aromatic rings. The molecule has 1 heterocycles. The zero-order valence-corrected chi connectivity index (χ0v) is 9.77. The molecule has 94 valence electrons. The Morgan fingerprint density at radius 2 is 2.41 bits per heavy atom. The fraction of sp³-hybridized carbons (Fsp3) is 0.727. The van der Waals surface area contributed by atoms with Crippen molar-refractivity contribution in [1.29, 1.82) is 5.26 Å². The number of carbonyl (C=O) groups excluding carboxylic acids is 2. The van der Waals surface area contributed by atoms with Gasteiger partial charge in [0.2, 0.25) is 5.91 Å². The Kier molecular flexibility index (Phi) is 5.43. The average Bonchev–Trinajstić information content (AvgIpc) is 2.87. The Balaban J connectivity index is 2.49. The van der Waals surface area contributed by atoms with Gasteiger partial charge < -0.3 is 14.8 Å². The van der Waals surface area contributed by atoms with Gasteiger partial charge >= 0.3 is 5.97 Å². The molecule has 1 N–H and O–H groups in total. The normalized spacial score (nSPS) is 20.4. The van der Waals surface area contributed by atoms with Crippen LogP contribution < -0.4 is 5.32 Å². The van der Waals surface area contributed by atoms with Crippen molar-refractivity contribution in [3.63, 3.8) is 0 Å². The molecule has 1 fully saturated rings. The second-order valence-electron chi connectivity index (χ2n) is 3.78. The quantitative estimate of drug-likeness (QED) is 0.690. The molecule has 0 radical (unpaired) electrons. The summed E-state index contributed by atoms with van der Waals surface area (Å²) in [6, 6.07) is 1.16. The lowest BCUT2D eigenvalue weighted by Gasteiger charge is -2.17. The van der Waals surface area contributed by atoms with Gasteiger partial charge in [0.05, 0.1) is 13.2 Å². The number of ether oxygens (including phenoxy) is 2. The second kappa shape index (κ2) is 6.86. The van der Waals surface area contributed by atoms with Gasteiger partial charge in [-0.3, -0.25) is 4.79 Å². The Morgan fingerprint density at radius 1 is 1.65 bits per heavy atom. The number of rotatable bonds is 5. The van der Waals surface area contributed by atoms with E-state index in [1.165, 1.54) is 7.11 Å². The van der Waals surface area contributed by atoms with Crippen LogP contribution in [0.25, 0.3) is 0 Å². The number of carbonyl (C=O) groups is 2. The number of hydrogen-bond donors (Lipinski definition) is 1. The topological polar surface area (TPSA) is 88.4 Å². The van der Waals surface area contributed by atoms with E-state index in [0.29, 0.717) is 13.0 Å². The van der Waals surface area contributed by atoms with Gasteiger partial charge in [-0.25, -0.2) is 4.79 Å². The molecule has 0 spiro atoms. The first-order valence-electron chi connectivity index (χ1n) is 5.55. The predicted molar refractivity (Wildman–Crippen MR) is 57.8 cm³/mol. The number of nitrogens with one attached hydrogen (secondary N) is 1. The van der Waals surface area contributed by atoms with Crippen LogP contribution in [0, 0.1) is 11.3 Å². The number of methoxy groups -OCH3 is 1.